The number of hydrogen-bond acceptors (Lipinski definition) is 4. The van der Waals surface area contributed by atoms with Crippen molar-refractivity contribution < 1.29 is 18.7 Å². The fraction of sp³-hybridized carbons (Fsp3) is 0.167. The molecule has 0 aliphatic carbocycles. The molecule has 0 atom stereocenters. The largest absolute Gasteiger partial charge is 0.489 e. The normalized spacial score (nSPS) is 10.6. The van der Waals surface area contributed by atoms with Gasteiger partial charge in [-0.15, -0.1) is 0 Å². The SMILES string of the molecule is CCOC(=O)c1coc2ccc(OCc3ccccc3)cc12. The summed E-state index contributed by atoms with van der Waals surface area (Å²) >= 11 is 0. The highest BCUT2D eigenvalue weighted by Gasteiger charge is 2.15. The van der Waals surface area contributed by atoms with E-state index in [4.69, 9.17) is 13.9 Å². The maximum absolute atomic E-state index is 11.9. The lowest BCUT2D eigenvalue weighted by atomic mass is 10.1. The topological polar surface area (TPSA) is 48.7 Å². The van der Waals surface area contributed by atoms with E-state index in [-0.39, 0.29) is 5.97 Å². The van der Waals surface area contributed by atoms with Crippen molar-refractivity contribution in [3.05, 3.63) is 65.9 Å². The molecule has 0 N–H and O–H groups in total. The molecule has 0 aliphatic rings. The molecule has 0 spiro atoms. The van der Waals surface area contributed by atoms with Crippen molar-refractivity contribution in [2.45, 2.75) is 13.5 Å². The van der Waals surface area contributed by atoms with Crippen LogP contribution < -0.4 is 4.74 Å². The van der Waals surface area contributed by atoms with Crippen molar-refractivity contribution in [3.63, 3.8) is 0 Å². The molecule has 4 heteroatoms. The first-order valence-corrected chi connectivity index (χ1v) is 7.13. The van der Waals surface area contributed by atoms with E-state index in [0.717, 1.165) is 5.56 Å². The third-order valence-corrected chi connectivity index (χ3v) is 3.29. The fourth-order valence-electron chi connectivity index (χ4n) is 2.21. The molecule has 1 heterocycles. The van der Waals surface area contributed by atoms with Crippen LogP contribution in [0.5, 0.6) is 5.75 Å². The third kappa shape index (κ3) is 2.96. The van der Waals surface area contributed by atoms with Gasteiger partial charge in [0.1, 0.15) is 29.8 Å². The molecule has 0 fully saturated rings. The van der Waals surface area contributed by atoms with Crippen LogP contribution in [0, 0.1) is 0 Å². The number of carbonyl (C=O) groups is 1. The quantitative estimate of drug-likeness (QED) is 0.662. The summed E-state index contributed by atoms with van der Waals surface area (Å²) in [5, 5.41) is 0.698. The second-order valence-electron chi connectivity index (χ2n) is 4.80. The minimum Gasteiger partial charge on any atom is -0.489 e. The number of esters is 1. The number of furan rings is 1. The zero-order chi connectivity index (χ0) is 15.4. The molecule has 112 valence electrons. The molecule has 2 aromatic carbocycles. The monoisotopic (exact) mass is 296 g/mol. The lowest BCUT2D eigenvalue weighted by Gasteiger charge is -2.06. The number of hydrogen-bond donors (Lipinski definition) is 0. The molecule has 3 aromatic rings. The van der Waals surface area contributed by atoms with Gasteiger partial charge in [-0.3, -0.25) is 0 Å². The summed E-state index contributed by atoms with van der Waals surface area (Å²) in [5.41, 5.74) is 2.14. The van der Waals surface area contributed by atoms with E-state index in [9.17, 15) is 4.79 Å². The van der Waals surface area contributed by atoms with Gasteiger partial charge in [0, 0.05) is 5.39 Å². The smallest absolute Gasteiger partial charge is 0.342 e. The predicted molar refractivity (Wildman–Crippen MR) is 82.9 cm³/mol. The second kappa shape index (κ2) is 6.35. The van der Waals surface area contributed by atoms with Crippen LogP contribution in [-0.4, -0.2) is 12.6 Å². The van der Waals surface area contributed by atoms with Crippen LogP contribution >= 0.6 is 0 Å². The Morgan fingerprint density at radius 2 is 1.95 bits per heavy atom. The van der Waals surface area contributed by atoms with Crippen molar-refractivity contribution in [1.82, 2.24) is 0 Å². The second-order valence-corrected chi connectivity index (χ2v) is 4.80. The number of ether oxygens (including phenoxy) is 2. The van der Waals surface area contributed by atoms with E-state index in [1.54, 1.807) is 19.1 Å². The van der Waals surface area contributed by atoms with E-state index in [0.29, 0.717) is 35.5 Å². The van der Waals surface area contributed by atoms with Gasteiger partial charge in [0.05, 0.1) is 6.61 Å². The molecule has 0 amide bonds. The fourth-order valence-corrected chi connectivity index (χ4v) is 2.21. The first-order valence-electron chi connectivity index (χ1n) is 7.13. The van der Waals surface area contributed by atoms with Crippen molar-refractivity contribution in [2.75, 3.05) is 6.61 Å². The van der Waals surface area contributed by atoms with Gasteiger partial charge in [0.2, 0.25) is 0 Å². The molecule has 22 heavy (non-hydrogen) atoms. The Morgan fingerprint density at radius 3 is 2.73 bits per heavy atom. The van der Waals surface area contributed by atoms with E-state index >= 15 is 0 Å². The van der Waals surface area contributed by atoms with Crippen molar-refractivity contribution >= 4 is 16.9 Å². The van der Waals surface area contributed by atoms with Gasteiger partial charge >= 0.3 is 5.97 Å². The van der Waals surface area contributed by atoms with Crippen LogP contribution in [0.2, 0.25) is 0 Å². The molecular formula is C18H16O4. The zero-order valence-corrected chi connectivity index (χ0v) is 12.2. The van der Waals surface area contributed by atoms with Crippen molar-refractivity contribution in [1.29, 1.82) is 0 Å². The van der Waals surface area contributed by atoms with Crippen LogP contribution in [-0.2, 0) is 11.3 Å². The van der Waals surface area contributed by atoms with Gasteiger partial charge in [-0.2, -0.15) is 0 Å². The molecule has 0 saturated carbocycles. The van der Waals surface area contributed by atoms with Crippen LogP contribution in [0.15, 0.2) is 59.2 Å². The van der Waals surface area contributed by atoms with E-state index in [2.05, 4.69) is 0 Å². The Labute approximate surface area is 128 Å². The summed E-state index contributed by atoms with van der Waals surface area (Å²) in [6.45, 7) is 2.57. The summed E-state index contributed by atoms with van der Waals surface area (Å²) in [6, 6.07) is 15.3. The molecule has 1 aromatic heterocycles. The van der Waals surface area contributed by atoms with Gasteiger partial charge < -0.3 is 13.9 Å². The van der Waals surface area contributed by atoms with Crippen LogP contribution in [0.3, 0.4) is 0 Å². The zero-order valence-electron chi connectivity index (χ0n) is 12.2. The highest BCUT2D eigenvalue weighted by atomic mass is 16.5. The highest BCUT2D eigenvalue weighted by Crippen LogP contribution is 2.27. The van der Waals surface area contributed by atoms with Gasteiger partial charge in [0.25, 0.3) is 0 Å². The van der Waals surface area contributed by atoms with Gasteiger partial charge in [-0.25, -0.2) is 4.79 Å². The summed E-state index contributed by atoms with van der Waals surface area (Å²) < 4.78 is 16.2. The first kappa shape index (κ1) is 14.2. The predicted octanol–water partition coefficient (Wildman–Crippen LogP) is 4.19. The van der Waals surface area contributed by atoms with E-state index in [1.807, 2.05) is 36.4 Å². The first-order chi connectivity index (χ1) is 10.8. The summed E-state index contributed by atoms with van der Waals surface area (Å²) in [5.74, 6) is 0.296. The molecule has 0 radical (unpaired) electrons. The third-order valence-electron chi connectivity index (χ3n) is 3.29. The van der Waals surface area contributed by atoms with Gasteiger partial charge in [0.15, 0.2) is 0 Å². The molecule has 4 nitrogen and oxygen atoms in total. The maximum Gasteiger partial charge on any atom is 0.342 e. The Balaban J connectivity index is 1.82. The average Bonchev–Trinajstić information content (AvgIpc) is 2.97. The number of fused-ring (bicyclic) bond motifs is 1. The maximum atomic E-state index is 11.9. The molecule has 3 rings (SSSR count). The number of rotatable bonds is 5. The van der Waals surface area contributed by atoms with Gasteiger partial charge in [-0.05, 0) is 30.7 Å². The van der Waals surface area contributed by atoms with Crippen LogP contribution in [0.25, 0.3) is 11.0 Å². The standard InChI is InChI=1S/C18H16O4/c1-2-20-18(19)16-12-22-17-9-8-14(10-15(16)17)21-11-13-6-4-3-5-7-13/h3-10,12H,2,11H2,1H3. The minimum atomic E-state index is -0.388. The van der Waals surface area contributed by atoms with Crippen molar-refractivity contribution in [2.24, 2.45) is 0 Å². The lowest BCUT2D eigenvalue weighted by molar-refractivity contribution is 0.0527. The lowest BCUT2D eigenvalue weighted by Crippen LogP contribution is -2.03. The highest BCUT2D eigenvalue weighted by molar-refractivity contribution is 6.03. The van der Waals surface area contributed by atoms with Crippen molar-refractivity contribution in [3.8, 4) is 5.75 Å². The average molecular weight is 296 g/mol. The van der Waals surface area contributed by atoms with Crippen LogP contribution in [0.4, 0.5) is 0 Å². The molecule has 0 aliphatic heterocycles. The summed E-state index contributed by atoms with van der Waals surface area (Å²) in [6.07, 6.45) is 1.42. The Morgan fingerprint density at radius 1 is 1.14 bits per heavy atom. The van der Waals surface area contributed by atoms with Crippen LogP contribution in [0.1, 0.15) is 22.8 Å². The van der Waals surface area contributed by atoms with Gasteiger partial charge in [-0.1, -0.05) is 30.3 Å². The Hall–Kier alpha value is -2.75. The summed E-state index contributed by atoms with van der Waals surface area (Å²) in [4.78, 5) is 11.9. The Kier molecular flexibility index (Phi) is 4.10. The number of carbonyl (C=O) groups excluding carboxylic acids is 1. The molecule has 0 bridgehead atoms. The number of benzene rings is 2. The minimum absolute atomic E-state index is 0.329. The molecular weight excluding hydrogens is 280 g/mol. The Bertz CT molecular complexity index is 774. The summed E-state index contributed by atoms with van der Waals surface area (Å²) in [7, 11) is 0. The molecule has 0 unspecified atom stereocenters. The molecule has 0 saturated heterocycles. The van der Waals surface area contributed by atoms with E-state index < -0.39 is 0 Å². The van der Waals surface area contributed by atoms with E-state index in [1.165, 1.54) is 6.26 Å².